The Morgan fingerprint density at radius 1 is 1.45 bits per heavy atom. The molecule has 1 saturated heterocycles. The van der Waals surface area contributed by atoms with E-state index >= 15 is 0 Å². The lowest BCUT2D eigenvalue weighted by molar-refractivity contribution is -0.138. The van der Waals surface area contributed by atoms with Crippen LogP contribution < -0.4 is 10.7 Å². The molecule has 0 radical (unpaired) electrons. The van der Waals surface area contributed by atoms with Crippen LogP contribution in [0.25, 0.3) is 5.70 Å². The predicted octanol–water partition coefficient (Wildman–Crippen LogP) is 1.54. The van der Waals surface area contributed by atoms with Crippen molar-refractivity contribution in [1.82, 2.24) is 10.7 Å². The summed E-state index contributed by atoms with van der Waals surface area (Å²) < 4.78 is 0. The van der Waals surface area contributed by atoms with Gasteiger partial charge in [-0.1, -0.05) is 42.1 Å². The molecule has 1 amide bonds. The van der Waals surface area contributed by atoms with Gasteiger partial charge in [0.1, 0.15) is 5.25 Å². The molecule has 1 unspecified atom stereocenters. The number of benzene rings is 1. The summed E-state index contributed by atoms with van der Waals surface area (Å²) in [5.41, 5.74) is 6.26. The second-order valence-corrected chi connectivity index (χ2v) is 6.23. The van der Waals surface area contributed by atoms with E-state index in [1.54, 1.807) is 0 Å². The second kappa shape index (κ2) is 6.23. The molecular weight excluding hydrogens is 302 g/mol. The molecule has 0 aromatic heterocycles. The Kier molecular flexibility index (Phi) is 4.15. The van der Waals surface area contributed by atoms with Gasteiger partial charge in [0.25, 0.3) is 0 Å². The van der Waals surface area contributed by atoms with Crippen LogP contribution >= 0.6 is 11.8 Å². The fraction of sp³-hybridized carbons (Fsp3) is 0.267. The number of allylic oxidation sites excluding steroid dienone is 1. The van der Waals surface area contributed by atoms with E-state index in [2.05, 4.69) is 28.0 Å². The summed E-state index contributed by atoms with van der Waals surface area (Å²) in [7, 11) is 0. The van der Waals surface area contributed by atoms with Crippen LogP contribution in [0, 0.1) is 0 Å². The average Bonchev–Trinajstić information content (AvgIpc) is 2.84. The van der Waals surface area contributed by atoms with Crippen LogP contribution in [0.3, 0.4) is 0 Å². The molecule has 0 spiro atoms. The van der Waals surface area contributed by atoms with Crippen LogP contribution in [0.2, 0.25) is 0 Å². The average molecular weight is 317 g/mol. The predicted molar refractivity (Wildman–Crippen MR) is 85.1 cm³/mol. The van der Waals surface area contributed by atoms with Crippen molar-refractivity contribution in [3.8, 4) is 0 Å². The third-order valence-electron chi connectivity index (χ3n) is 3.48. The number of carboxylic acid groups (broad SMARTS) is 1. The summed E-state index contributed by atoms with van der Waals surface area (Å²) in [6, 6.07) is 8.10. The topological polar surface area (TPSA) is 90.8 Å². The minimum absolute atomic E-state index is 0.207. The van der Waals surface area contributed by atoms with Gasteiger partial charge >= 0.3 is 5.97 Å². The van der Waals surface area contributed by atoms with E-state index in [0.717, 1.165) is 35.9 Å². The number of hydrogen-bond acceptors (Lipinski definition) is 5. The monoisotopic (exact) mass is 317 g/mol. The van der Waals surface area contributed by atoms with Gasteiger partial charge in [0.15, 0.2) is 5.17 Å². The van der Waals surface area contributed by atoms with Gasteiger partial charge in [0.2, 0.25) is 5.91 Å². The number of thioether (sulfide) groups is 1. The van der Waals surface area contributed by atoms with E-state index in [-0.39, 0.29) is 12.3 Å². The second-order valence-electron chi connectivity index (χ2n) is 5.04. The molecule has 0 saturated carbocycles. The molecule has 6 nitrogen and oxygen atoms in total. The van der Waals surface area contributed by atoms with Gasteiger partial charge in [0, 0.05) is 5.56 Å². The minimum Gasteiger partial charge on any atom is -0.481 e. The summed E-state index contributed by atoms with van der Waals surface area (Å²) in [6.45, 7) is 0. The van der Waals surface area contributed by atoms with Gasteiger partial charge in [-0.2, -0.15) is 0 Å². The van der Waals surface area contributed by atoms with E-state index in [4.69, 9.17) is 5.11 Å². The molecule has 3 rings (SSSR count). The molecule has 7 heteroatoms. The molecule has 1 fully saturated rings. The summed E-state index contributed by atoms with van der Waals surface area (Å²) in [4.78, 5) is 22.3. The maximum absolute atomic E-state index is 11.7. The normalized spacial score (nSPS) is 22.0. The Balaban J connectivity index is 1.69. The van der Waals surface area contributed by atoms with Crippen LogP contribution in [-0.2, 0) is 16.0 Å². The lowest BCUT2D eigenvalue weighted by Crippen LogP contribution is -2.27. The number of carbonyl (C=O) groups is 2. The molecule has 1 aliphatic carbocycles. The first-order valence-corrected chi connectivity index (χ1v) is 7.83. The maximum atomic E-state index is 11.7. The van der Waals surface area contributed by atoms with Crippen molar-refractivity contribution >= 4 is 34.5 Å². The minimum atomic E-state index is -0.995. The molecule has 0 bridgehead atoms. The standard InChI is InChI=1S/C15H15N3O3S/c19-13(20)8-12-14(21)16-15(22-12)18-17-11-7-3-5-9-4-1-2-6-10(9)11/h1-2,4,6-7,12,17H,3,5,8H2,(H,19,20)(H,16,18,21). The van der Waals surface area contributed by atoms with E-state index in [0.29, 0.717) is 5.17 Å². The quantitative estimate of drug-likeness (QED) is 0.733. The number of hydrazone groups is 1. The third-order valence-corrected chi connectivity index (χ3v) is 4.57. The zero-order chi connectivity index (χ0) is 15.5. The van der Waals surface area contributed by atoms with Gasteiger partial charge in [0.05, 0.1) is 12.1 Å². The molecule has 3 N–H and O–H groups in total. The number of carboxylic acids is 1. The van der Waals surface area contributed by atoms with Crippen molar-refractivity contribution in [2.24, 2.45) is 5.10 Å². The Morgan fingerprint density at radius 3 is 3.09 bits per heavy atom. The lowest BCUT2D eigenvalue weighted by Gasteiger charge is -2.16. The van der Waals surface area contributed by atoms with Crippen LogP contribution in [0.1, 0.15) is 24.0 Å². The Bertz CT molecular complexity index is 684. The van der Waals surface area contributed by atoms with Crippen LogP contribution in [0.4, 0.5) is 0 Å². The fourth-order valence-electron chi connectivity index (χ4n) is 2.45. The summed E-state index contributed by atoms with van der Waals surface area (Å²) in [5, 5.41) is 15.3. The van der Waals surface area contributed by atoms with Crippen molar-refractivity contribution in [3.63, 3.8) is 0 Å². The highest BCUT2D eigenvalue weighted by atomic mass is 32.2. The van der Waals surface area contributed by atoms with E-state index in [9.17, 15) is 9.59 Å². The molecule has 114 valence electrons. The van der Waals surface area contributed by atoms with Crippen LogP contribution in [0.15, 0.2) is 35.4 Å². The summed E-state index contributed by atoms with van der Waals surface area (Å²) >= 11 is 1.14. The molecule has 22 heavy (non-hydrogen) atoms. The first-order valence-electron chi connectivity index (χ1n) is 6.95. The highest BCUT2D eigenvalue weighted by molar-refractivity contribution is 8.15. The van der Waals surface area contributed by atoms with Gasteiger partial charge in [-0.3, -0.25) is 15.0 Å². The lowest BCUT2D eigenvalue weighted by atomic mass is 9.95. The SMILES string of the molecule is O=C(O)CC1S/C(=N\NC2=CCCc3ccccc32)NC1=O. The Morgan fingerprint density at radius 2 is 2.27 bits per heavy atom. The number of amides is 1. The summed E-state index contributed by atoms with van der Waals surface area (Å²) in [5.74, 6) is -1.31. The van der Waals surface area contributed by atoms with Crippen molar-refractivity contribution in [1.29, 1.82) is 0 Å². The molecule has 1 aromatic rings. The highest BCUT2D eigenvalue weighted by Gasteiger charge is 2.32. The highest BCUT2D eigenvalue weighted by Crippen LogP contribution is 2.25. The number of amidine groups is 1. The molecule has 1 heterocycles. The van der Waals surface area contributed by atoms with E-state index in [1.165, 1.54) is 5.56 Å². The molecule has 1 atom stereocenters. The first-order chi connectivity index (χ1) is 10.6. The zero-order valence-electron chi connectivity index (χ0n) is 11.7. The number of hydrogen-bond donors (Lipinski definition) is 3. The van der Waals surface area contributed by atoms with Gasteiger partial charge < -0.3 is 10.4 Å². The number of nitrogens with one attached hydrogen (secondary N) is 2. The zero-order valence-corrected chi connectivity index (χ0v) is 12.5. The Hall–Kier alpha value is -2.28. The molecule has 2 aliphatic rings. The number of aliphatic carboxylic acids is 1. The number of nitrogens with zero attached hydrogens (tertiary/aromatic N) is 1. The van der Waals surface area contributed by atoms with E-state index in [1.807, 2.05) is 18.2 Å². The number of carbonyl (C=O) groups excluding carboxylic acids is 1. The number of rotatable bonds is 4. The first kappa shape index (κ1) is 14.6. The van der Waals surface area contributed by atoms with Gasteiger partial charge in [-0.05, 0) is 18.4 Å². The van der Waals surface area contributed by atoms with Crippen molar-refractivity contribution < 1.29 is 14.7 Å². The fourth-order valence-corrected chi connectivity index (χ4v) is 3.37. The molecule has 1 aliphatic heterocycles. The Labute approximate surface area is 131 Å². The van der Waals surface area contributed by atoms with Crippen molar-refractivity contribution in [2.75, 3.05) is 0 Å². The van der Waals surface area contributed by atoms with Crippen LogP contribution in [-0.4, -0.2) is 27.4 Å². The molecular formula is C15H15N3O3S. The third kappa shape index (κ3) is 3.14. The maximum Gasteiger partial charge on any atom is 0.305 e. The van der Waals surface area contributed by atoms with Gasteiger partial charge in [-0.15, -0.1) is 5.10 Å². The van der Waals surface area contributed by atoms with E-state index < -0.39 is 11.2 Å². The largest absolute Gasteiger partial charge is 0.481 e. The number of fused-ring (bicyclic) bond motifs is 1. The molecule has 1 aromatic carbocycles. The summed E-state index contributed by atoms with van der Waals surface area (Å²) in [6.07, 6.45) is 3.80. The van der Waals surface area contributed by atoms with Crippen molar-refractivity contribution in [2.45, 2.75) is 24.5 Å². The van der Waals surface area contributed by atoms with Gasteiger partial charge in [-0.25, -0.2) is 0 Å². The smallest absolute Gasteiger partial charge is 0.305 e. The van der Waals surface area contributed by atoms with Crippen molar-refractivity contribution in [3.05, 3.63) is 41.5 Å². The van der Waals surface area contributed by atoms with Crippen LogP contribution in [0.5, 0.6) is 0 Å². The number of aryl methyl sites for hydroxylation is 1.